The first-order valence-electron chi connectivity index (χ1n) is 13.3. The molecule has 0 spiro atoms. The van der Waals surface area contributed by atoms with E-state index < -0.39 is 34.4 Å². The maximum Gasteiger partial charge on any atom is 0.251 e. The highest BCUT2D eigenvalue weighted by Gasteiger charge is 2.22. The number of nitrogens with two attached hydrogens (primary N) is 2. The van der Waals surface area contributed by atoms with E-state index in [1.165, 1.54) is 22.3 Å². The number of aryl methyl sites for hydroxylation is 2. The van der Waals surface area contributed by atoms with Crippen molar-refractivity contribution in [2.75, 3.05) is 5.73 Å². The van der Waals surface area contributed by atoms with Crippen LogP contribution in [0.4, 0.5) is 14.6 Å². The third-order valence-electron chi connectivity index (χ3n) is 7.14. The number of amides is 1. The Bertz CT molecular complexity index is 2060. The van der Waals surface area contributed by atoms with Crippen LogP contribution in [-0.4, -0.2) is 51.8 Å². The number of imidazole rings is 1. The number of nitrogen functional groups attached to an aromatic ring is 1. The van der Waals surface area contributed by atoms with E-state index >= 15 is 0 Å². The molecular formula is C30H23F2N9O3. The summed E-state index contributed by atoms with van der Waals surface area (Å²) in [7, 11) is 0. The molecule has 0 fully saturated rings. The Morgan fingerprint density at radius 3 is 2.45 bits per heavy atom. The molecule has 5 N–H and O–H groups in total. The van der Waals surface area contributed by atoms with Crippen molar-refractivity contribution in [2.45, 2.75) is 19.3 Å². The fraction of sp³-hybridized carbons (Fsp3) is 0.100. The molecule has 0 atom stereocenters. The molecule has 2 aromatic carbocycles. The van der Waals surface area contributed by atoms with Gasteiger partial charge in [-0.3, -0.25) is 14.2 Å². The summed E-state index contributed by atoms with van der Waals surface area (Å²) < 4.78 is 27.7. The first kappa shape index (κ1) is 28.1. The molecule has 7 rings (SSSR count). The predicted octanol–water partition coefficient (Wildman–Crippen LogP) is 3.72. The third kappa shape index (κ3) is 4.98. The Hall–Kier alpha value is -6.05. The van der Waals surface area contributed by atoms with Gasteiger partial charge in [0.25, 0.3) is 5.91 Å². The lowest BCUT2D eigenvalue weighted by Gasteiger charge is -2.12. The van der Waals surface area contributed by atoms with Crippen molar-refractivity contribution < 1.29 is 23.5 Å². The number of rotatable bonds is 5. The summed E-state index contributed by atoms with van der Waals surface area (Å²) >= 11 is 0. The largest absolute Gasteiger partial charge is 0.504 e. The van der Waals surface area contributed by atoms with Gasteiger partial charge in [0, 0.05) is 11.9 Å². The van der Waals surface area contributed by atoms with Crippen LogP contribution >= 0.6 is 0 Å². The van der Waals surface area contributed by atoms with Gasteiger partial charge in [-0.1, -0.05) is 6.07 Å². The first-order chi connectivity index (χ1) is 21.3. The average Bonchev–Trinajstić information content (AvgIpc) is 3.80. The highest BCUT2D eigenvalue weighted by Crippen LogP contribution is 2.33. The summed E-state index contributed by atoms with van der Waals surface area (Å²) in [6.07, 6.45) is 8.45. The van der Waals surface area contributed by atoms with Crippen LogP contribution in [0.3, 0.4) is 0 Å². The second-order valence-electron chi connectivity index (χ2n) is 9.82. The standard InChI is InChI=1S/C22H18N8.C8H5F2NO3/c23-20-17(5-2-10-24-20)21-27-18-8-9-19(30-25-11-12-26-30)28-22(18)29(21)16-7-6-14-3-1-4-15(14)13-16;9-5-4(8(11)14)1-3(2-12)7(13)6(5)10/h2,5-13H,1,3-4H2,(H2,23,24);1-2,13H,(H2,11,14). The van der Waals surface area contributed by atoms with Crippen LogP contribution in [0.15, 0.2) is 67.1 Å². The number of carbonyl (C=O) groups is 2. The molecular weight excluding hydrogens is 572 g/mol. The van der Waals surface area contributed by atoms with Gasteiger partial charge in [0.05, 0.1) is 29.1 Å². The number of fused-ring (bicyclic) bond motifs is 2. The van der Waals surface area contributed by atoms with Gasteiger partial charge >= 0.3 is 0 Å². The fourth-order valence-electron chi connectivity index (χ4n) is 5.03. The number of primary amides is 1. The van der Waals surface area contributed by atoms with E-state index in [1.54, 1.807) is 18.6 Å². The van der Waals surface area contributed by atoms with Gasteiger partial charge < -0.3 is 16.6 Å². The van der Waals surface area contributed by atoms with E-state index in [0.717, 1.165) is 35.3 Å². The second kappa shape index (κ2) is 11.3. The molecule has 0 radical (unpaired) electrons. The van der Waals surface area contributed by atoms with E-state index in [2.05, 4.69) is 33.4 Å². The maximum atomic E-state index is 12.9. The van der Waals surface area contributed by atoms with E-state index in [9.17, 15) is 18.4 Å². The highest BCUT2D eigenvalue weighted by molar-refractivity contribution is 5.95. The minimum Gasteiger partial charge on any atom is -0.504 e. The minimum absolute atomic E-state index is 0.0876. The number of aromatic hydroxyl groups is 1. The number of aldehydes is 1. The molecule has 0 unspecified atom stereocenters. The number of nitrogens with zero attached hydrogens (tertiary/aromatic N) is 7. The molecule has 4 heterocycles. The Labute approximate surface area is 247 Å². The normalized spacial score (nSPS) is 12.0. The molecule has 0 bridgehead atoms. The van der Waals surface area contributed by atoms with Crippen molar-refractivity contribution in [1.82, 2.24) is 34.5 Å². The predicted molar refractivity (Wildman–Crippen MR) is 155 cm³/mol. The molecule has 1 aliphatic rings. The smallest absolute Gasteiger partial charge is 0.251 e. The van der Waals surface area contributed by atoms with E-state index in [4.69, 9.17) is 26.5 Å². The number of carbonyl (C=O) groups excluding carboxylic acids is 2. The number of hydrogen-bond donors (Lipinski definition) is 3. The van der Waals surface area contributed by atoms with Gasteiger partial charge in [0.1, 0.15) is 11.3 Å². The van der Waals surface area contributed by atoms with Gasteiger partial charge in [-0.05, 0) is 72.9 Å². The summed E-state index contributed by atoms with van der Waals surface area (Å²) in [5, 5.41) is 17.3. The second-order valence-corrected chi connectivity index (χ2v) is 9.82. The summed E-state index contributed by atoms with van der Waals surface area (Å²) in [4.78, 5) is 36.3. The molecule has 4 aromatic heterocycles. The van der Waals surface area contributed by atoms with Crippen LogP contribution < -0.4 is 11.5 Å². The molecule has 12 nitrogen and oxygen atoms in total. The SMILES string of the molecule is NC(=O)c1cc(C=O)c(O)c(F)c1F.Nc1ncccc1-c1nc2ccc(-n3nccn3)nc2n1-c1ccc2c(c1)CCC2. The molecule has 6 aromatic rings. The van der Waals surface area contributed by atoms with Crippen molar-refractivity contribution in [3.8, 4) is 28.6 Å². The zero-order valence-electron chi connectivity index (χ0n) is 22.9. The van der Waals surface area contributed by atoms with Gasteiger partial charge in [0.2, 0.25) is 5.82 Å². The number of anilines is 1. The third-order valence-corrected chi connectivity index (χ3v) is 7.14. The van der Waals surface area contributed by atoms with Crippen molar-refractivity contribution in [1.29, 1.82) is 0 Å². The number of aromatic nitrogens is 7. The molecule has 1 aliphatic carbocycles. The minimum atomic E-state index is -1.66. The first-order valence-corrected chi connectivity index (χ1v) is 13.3. The van der Waals surface area contributed by atoms with Crippen LogP contribution in [0.25, 0.3) is 34.1 Å². The summed E-state index contributed by atoms with van der Waals surface area (Å²) in [5.74, 6) is -3.81. The summed E-state index contributed by atoms with van der Waals surface area (Å²) in [6.45, 7) is 0. The van der Waals surface area contributed by atoms with Crippen LogP contribution in [0.2, 0.25) is 0 Å². The van der Waals surface area contributed by atoms with Crippen LogP contribution in [0.5, 0.6) is 5.75 Å². The Morgan fingerprint density at radius 2 is 1.73 bits per heavy atom. The maximum absolute atomic E-state index is 12.9. The lowest BCUT2D eigenvalue weighted by atomic mass is 10.1. The highest BCUT2D eigenvalue weighted by atomic mass is 19.2. The van der Waals surface area contributed by atoms with E-state index in [0.29, 0.717) is 23.5 Å². The summed E-state index contributed by atoms with van der Waals surface area (Å²) in [6, 6.07) is 14.8. The van der Waals surface area contributed by atoms with E-state index in [-0.39, 0.29) is 6.29 Å². The van der Waals surface area contributed by atoms with Crippen molar-refractivity contribution in [2.24, 2.45) is 5.73 Å². The van der Waals surface area contributed by atoms with Gasteiger partial charge in [-0.2, -0.15) is 14.6 Å². The number of benzene rings is 2. The fourth-order valence-corrected chi connectivity index (χ4v) is 5.03. The number of pyridine rings is 2. The number of phenolic OH excluding ortho intramolecular Hbond substituents is 1. The molecule has 0 aliphatic heterocycles. The number of hydrogen-bond acceptors (Lipinski definition) is 9. The van der Waals surface area contributed by atoms with Crippen LogP contribution in [-0.2, 0) is 12.8 Å². The molecule has 0 saturated carbocycles. The molecule has 0 saturated heterocycles. The molecule has 44 heavy (non-hydrogen) atoms. The average molecular weight is 596 g/mol. The van der Waals surface area contributed by atoms with Crippen molar-refractivity contribution >= 4 is 29.2 Å². The van der Waals surface area contributed by atoms with Crippen LogP contribution in [0.1, 0.15) is 38.3 Å². The summed E-state index contributed by atoms with van der Waals surface area (Å²) in [5.41, 5.74) is 15.7. The molecule has 220 valence electrons. The lowest BCUT2D eigenvalue weighted by molar-refractivity contribution is 0.0995. The van der Waals surface area contributed by atoms with Gasteiger partial charge in [0.15, 0.2) is 35.1 Å². The Kier molecular flexibility index (Phi) is 7.23. The van der Waals surface area contributed by atoms with Gasteiger partial charge in [-0.25, -0.2) is 19.3 Å². The lowest BCUT2D eigenvalue weighted by Crippen LogP contribution is -2.15. The Balaban J connectivity index is 0.000000208. The van der Waals surface area contributed by atoms with Crippen molar-refractivity contribution in [3.63, 3.8) is 0 Å². The number of halogens is 2. The number of phenols is 1. The van der Waals surface area contributed by atoms with Crippen molar-refractivity contribution in [3.05, 3.63) is 101 Å². The van der Waals surface area contributed by atoms with Crippen LogP contribution in [0, 0.1) is 11.6 Å². The Morgan fingerprint density at radius 1 is 0.955 bits per heavy atom. The molecule has 1 amide bonds. The molecule has 14 heteroatoms. The quantitative estimate of drug-likeness (QED) is 0.250. The monoisotopic (exact) mass is 595 g/mol. The van der Waals surface area contributed by atoms with E-state index in [1.807, 2.05) is 28.8 Å². The zero-order valence-corrected chi connectivity index (χ0v) is 22.9. The zero-order chi connectivity index (χ0) is 31.0. The van der Waals surface area contributed by atoms with Gasteiger partial charge in [-0.15, -0.1) is 4.80 Å². The topological polar surface area (TPSA) is 181 Å².